The molecule has 47 heavy (non-hydrogen) atoms. The lowest BCUT2D eigenvalue weighted by atomic mass is 9.72. The number of hydrogen-bond donors (Lipinski definition) is 0. The van der Waals surface area contributed by atoms with E-state index in [1.807, 2.05) is 36.4 Å². The molecule has 226 valence electrons. The quantitative estimate of drug-likeness (QED) is 0.200. The SMILES string of the molecule is CC1(c2ccc3c(c2)C(C)(C)c2ccccc2-3)C=Cc2c(c3ccccc3n2-c2nc(-c3ccccc3)nc(-c3ccccc3)n2)C1. The molecule has 2 aliphatic rings. The van der Waals surface area contributed by atoms with E-state index in [4.69, 9.17) is 15.0 Å². The molecule has 4 heteroatoms. The summed E-state index contributed by atoms with van der Waals surface area (Å²) in [7, 11) is 0. The molecule has 0 spiro atoms. The van der Waals surface area contributed by atoms with Crippen molar-refractivity contribution < 1.29 is 0 Å². The third kappa shape index (κ3) is 4.25. The third-order valence-corrected chi connectivity index (χ3v) is 10.3. The Balaban J connectivity index is 1.20. The van der Waals surface area contributed by atoms with E-state index in [1.54, 1.807) is 0 Å². The second-order valence-corrected chi connectivity index (χ2v) is 13.6. The van der Waals surface area contributed by atoms with Gasteiger partial charge in [-0.3, -0.25) is 4.57 Å². The Bertz CT molecular complexity index is 2310. The van der Waals surface area contributed by atoms with Gasteiger partial charge in [-0.2, -0.15) is 9.97 Å². The third-order valence-electron chi connectivity index (χ3n) is 10.3. The van der Waals surface area contributed by atoms with Crippen molar-refractivity contribution in [2.24, 2.45) is 0 Å². The first-order valence-electron chi connectivity index (χ1n) is 16.3. The molecule has 0 aliphatic heterocycles. The number of benzene rings is 5. The number of para-hydroxylation sites is 1. The largest absolute Gasteiger partial charge is 0.278 e. The van der Waals surface area contributed by atoms with Gasteiger partial charge >= 0.3 is 0 Å². The van der Waals surface area contributed by atoms with E-state index in [1.165, 1.54) is 38.8 Å². The summed E-state index contributed by atoms with van der Waals surface area (Å²) in [5.74, 6) is 1.94. The second-order valence-electron chi connectivity index (χ2n) is 13.6. The fourth-order valence-electron chi connectivity index (χ4n) is 7.75. The molecule has 1 atom stereocenters. The lowest BCUT2D eigenvalue weighted by molar-refractivity contribution is 0.583. The highest BCUT2D eigenvalue weighted by molar-refractivity contribution is 5.91. The molecule has 2 aliphatic carbocycles. The normalized spacial score (nSPS) is 17.3. The Kier molecular flexibility index (Phi) is 6.01. The van der Waals surface area contributed by atoms with Gasteiger partial charge in [0, 0.05) is 27.3 Å². The summed E-state index contributed by atoms with van der Waals surface area (Å²) in [5.41, 5.74) is 12.1. The first-order chi connectivity index (χ1) is 22.9. The smallest absolute Gasteiger partial charge is 0.238 e. The van der Waals surface area contributed by atoms with E-state index in [9.17, 15) is 0 Å². The molecule has 4 nitrogen and oxygen atoms in total. The van der Waals surface area contributed by atoms with Gasteiger partial charge in [0.15, 0.2) is 11.6 Å². The average Bonchev–Trinajstić information content (AvgIpc) is 3.56. The summed E-state index contributed by atoms with van der Waals surface area (Å²) in [4.78, 5) is 15.2. The van der Waals surface area contributed by atoms with Crippen LogP contribution >= 0.6 is 0 Å². The molecule has 0 radical (unpaired) electrons. The van der Waals surface area contributed by atoms with Gasteiger partial charge in [0.05, 0.1) is 11.2 Å². The van der Waals surface area contributed by atoms with Gasteiger partial charge in [-0.25, -0.2) is 4.98 Å². The molecule has 0 N–H and O–H groups in total. The van der Waals surface area contributed by atoms with Crippen molar-refractivity contribution in [1.82, 2.24) is 19.5 Å². The zero-order chi connectivity index (χ0) is 31.8. The number of nitrogens with zero attached hydrogens (tertiary/aromatic N) is 4. The summed E-state index contributed by atoms with van der Waals surface area (Å²) < 4.78 is 2.23. The Morgan fingerprint density at radius 1 is 0.596 bits per heavy atom. The first kappa shape index (κ1) is 27.7. The predicted molar refractivity (Wildman–Crippen MR) is 192 cm³/mol. The molecule has 0 saturated carbocycles. The van der Waals surface area contributed by atoms with Crippen molar-refractivity contribution in [2.45, 2.75) is 38.0 Å². The van der Waals surface area contributed by atoms with E-state index >= 15 is 0 Å². The molecule has 5 aromatic carbocycles. The van der Waals surface area contributed by atoms with Crippen molar-refractivity contribution >= 4 is 17.0 Å². The van der Waals surface area contributed by atoms with Crippen molar-refractivity contribution in [2.75, 3.05) is 0 Å². The fraction of sp³-hybridized carbons (Fsp3) is 0.140. The highest BCUT2D eigenvalue weighted by Gasteiger charge is 2.38. The topological polar surface area (TPSA) is 43.6 Å². The Hall–Kier alpha value is -5.61. The van der Waals surface area contributed by atoms with E-state index in [2.05, 4.69) is 128 Å². The highest BCUT2D eigenvalue weighted by Crippen LogP contribution is 2.50. The lowest BCUT2D eigenvalue weighted by Gasteiger charge is -2.32. The van der Waals surface area contributed by atoms with Crippen LogP contribution in [0.4, 0.5) is 0 Å². The molecule has 0 amide bonds. The van der Waals surface area contributed by atoms with Gasteiger partial charge in [0.1, 0.15) is 0 Å². The van der Waals surface area contributed by atoms with Crippen LogP contribution in [-0.2, 0) is 17.3 Å². The van der Waals surface area contributed by atoms with Crippen LogP contribution in [0.15, 0.2) is 133 Å². The summed E-state index contributed by atoms with van der Waals surface area (Å²) in [6.07, 6.45) is 5.56. The molecule has 2 aromatic heterocycles. The van der Waals surface area contributed by atoms with Crippen molar-refractivity contribution in [1.29, 1.82) is 0 Å². The Labute approximate surface area is 275 Å². The summed E-state index contributed by atoms with van der Waals surface area (Å²) in [6.45, 7) is 7.09. The predicted octanol–water partition coefficient (Wildman–Crippen LogP) is 9.98. The lowest BCUT2D eigenvalue weighted by Crippen LogP contribution is -2.26. The van der Waals surface area contributed by atoms with Crippen LogP contribution in [0.2, 0.25) is 0 Å². The minimum Gasteiger partial charge on any atom is -0.278 e. The Morgan fingerprint density at radius 3 is 1.94 bits per heavy atom. The summed E-state index contributed by atoms with van der Waals surface area (Å²) in [6, 6.07) is 45.0. The fourth-order valence-corrected chi connectivity index (χ4v) is 7.75. The van der Waals surface area contributed by atoms with E-state index in [0.29, 0.717) is 17.6 Å². The van der Waals surface area contributed by atoms with Crippen LogP contribution in [-0.4, -0.2) is 19.5 Å². The molecular weight excluding hydrogens is 573 g/mol. The Morgan fingerprint density at radius 2 is 1.21 bits per heavy atom. The van der Waals surface area contributed by atoms with Crippen LogP contribution < -0.4 is 0 Å². The second kappa shape index (κ2) is 10.2. The molecule has 0 fully saturated rings. The van der Waals surface area contributed by atoms with Crippen molar-refractivity contribution in [3.8, 4) is 39.9 Å². The van der Waals surface area contributed by atoms with Gasteiger partial charge in [0.2, 0.25) is 5.95 Å². The molecule has 2 heterocycles. The molecule has 0 saturated heterocycles. The zero-order valence-electron chi connectivity index (χ0n) is 26.8. The number of rotatable bonds is 4. The van der Waals surface area contributed by atoms with Crippen molar-refractivity contribution in [3.05, 3.63) is 161 Å². The molecular formula is C43H34N4. The van der Waals surface area contributed by atoms with Crippen LogP contribution in [0.1, 0.15) is 48.7 Å². The van der Waals surface area contributed by atoms with E-state index < -0.39 is 0 Å². The van der Waals surface area contributed by atoms with Gasteiger partial charge in [-0.15, -0.1) is 0 Å². The van der Waals surface area contributed by atoms with Crippen LogP contribution in [0, 0.1) is 0 Å². The minimum absolute atomic E-state index is 0.0382. The van der Waals surface area contributed by atoms with Crippen LogP contribution in [0.3, 0.4) is 0 Å². The van der Waals surface area contributed by atoms with E-state index in [-0.39, 0.29) is 10.8 Å². The van der Waals surface area contributed by atoms with Gasteiger partial charge in [-0.05, 0) is 51.9 Å². The van der Waals surface area contributed by atoms with Crippen LogP contribution in [0.25, 0.3) is 56.8 Å². The minimum atomic E-state index is -0.175. The maximum absolute atomic E-state index is 5.11. The number of hydrogen-bond acceptors (Lipinski definition) is 3. The summed E-state index contributed by atoms with van der Waals surface area (Å²) >= 11 is 0. The summed E-state index contributed by atoms with van der Waals surface area (Å²) in [5, 5.41) is 1.23. The van der Waals surface area contributed by atoms with Crippen molar-refractivity contribution in [3.63, 3.8) is 0 Å². The number of fused-ring (bicyclic) bond motifs is 6. The zero-order valence-corrected chi connectivity index (χ0v) is 26.8. The molecule has 9 rings (SSSR count). The van der Waals surface area contributed by atoms with Gasteiger partial charge < -0.3 is 0 Å². The first-order valence-corrected chi connectivity index (χ1v) is 16.3. The monoisotopic (exact) mass is 606 g/mol. The van der Waals surface area contributed by atoms with Gasteiger partial charge in [-0.1, -0.05) is 148 Å². The van der Waals surface area contributed by atoms with E-state index in [0.717, 1.165) is 28.8 Å². The number of allylic oxidation sites excluding steroid dienone is 1. The maximum Gasteiger partial charge on any atom is 0.238 e. The highest BCUT2D eigenvalue weighted by atomic mass is 15.2. The van der Waals surface area contributed by atoms with Gasteiger partial charge in [0.25, 0.3) is 0 Å². The average molecular weight is 607 g/mol. The molecule has 7 aromatic rings. The standard InChI is InChI=1S/C43H34N4/c1-42(2)35-20-12-10-18-31(35)32-23-22-30(26-36(32)42)43(3)25-24-38-34(27-43)33-19-11-13-21-37(33)47(38)41-45-39(28-14-6-4-7-15-28)44-40(46-41)29-16-8-5-9-17-29/h4-26H,27H2,1-3H3. The molecule has 0 bridgehead atoms. The maximum atomic E-state index is 5.11. The molecule has 1 unspecified atom stereocenters. The van der Waals surface area contributed by atoms with Crippen LogP contribution in [0.5, 0.6) is 0 Å². The number of aromatic nitrogens is 4.